The highest BCUT2D eigenvalue weighted by atomic mass is 32.2. The van der Waals surface area contributed by atoms with Crippen molar-refractivity contribution in [2.45, 2.75) is 19.8 Å². The van der Waals surface area contributed by atoms with Crippen molar-refractivity contribution in [3.63, 3.8) is 0 Å². The molecule has 4 heteroatoms. The molecule has 0 aliphatic carbocycles. The maximum Gasteiger partial charge on any atom is 0.0883 e. The molecule has 1 fully saturated rings. The van der Waals surface area contributed by atoms with E-state index in [9.17, 15) is 4.21 Å². The van der Waals surface area contributed by atoms with Crippen LogP contribution in [0.15, 0.2) is 0 Å². The third-order valence-corrected chi connectivity index (χ3v) is 2.94. The standard InChI is InChI=1S/C8H18N2OS/c1-8(7-10-12(2)11)4-3-5-9-6-8/h9-10H,3-7H2,1-2H3. The highest BCUT2D eigenvalue weighted by Gasteiger charge is 2.26. The number of rotatable bonds is 3. The molecule has 0 bridgehead atoms. The van der Waals surface area contributed by atoms with E-state index in [1.807, 2.05) is 0 Å². The smallest absolute Gasteiger partial charge is 0.0883 e. The van der Waals surface area contributed by atoms with E-state index in [2.05, 4.69) is 17.0 Å². The van der Waals surface area contributed by atoms with Crippen LogP contribution in [0.4, 0.5) is 0 Å². The predicted octanol–water partition coefficient (Wildman–Crippen LogP) is 0.259. The molecule has 0 aromatic rings. The van der Waals surface area contributed by atoms with Crippen LogP contribution in [0.5, 0.6) is 0 Å². The fourth-order valence-electron chi connectivity index (χ4n) is 1.55. The summed E-state index contributed by atoms with van der Waals surface area (Å²) in [5.74, 6) is 0. The number of nitrogens with one attached hydrogen (secondary N) is 2. The molecule has 0 saturated carbocycles. The molecule has 1 saturated heterocycles. The minimum atomic E-state index is -0.871. The minimum Gasteiger partial charge on any atom is -0.316 e. The molecule has 0 aromatic heterocycles. The summed E-state index contributed by atoms with van der Waals surface area (Å²) in [6, 6.07) is 0. The zero-order chi connectivity index (χ0) is 9.03. The van der Waals surface area contributed by atoms with Gasteiger partial charge in [-0.15, -0.1) is 0 Å². The topological polar surface area (TPSA) is 41.1 Å². The van der Waals surface area contributed by atoms with E-state index >= 15 is 0 Å². The van der Waals surface area contributed by atoms with Gasteiger partial charge in [-0.05, 0) is 24.8 Å². The van der Waals surface area contributed by atoms with Gasteiger partial charge >= 0.3 is 0 Å². The van der Waals surface area contributed by atoms with Gasteiger partial charge in [-0.3, -0.25) is 0 Å². The lowest BCUT2D eigenvalue weighted by atomic mass is 9.83. The molecular formula is C8H18N2OS. The van der Waals surface area contributed by atoms with Gasteiger partial charge in [0, 0.05) is 19.3 Å². The second-order valence-corrected chi connectivity index (χ2v) is 5.06. The lowest BCUT2D eigenvalue weighted by molar-refractivity contribution is 0.240. The Balaban J connectivity index is 2.31. The Labute approximate surface area is 76.9 Å². The lowest BCUT2D eigenvalue weighted by Gasteiger charge is -2.33. The summed E-state index contributed by atoms with van der Waals surface area (Å²) in [6.07, 6.45) is 4.14. The van der Waals surface area contributed by atoms with Crippen molar-refractivity contribution in [3.8, 4) is 0 Å². The van der Waals surface area contributed by atoms with Crippen LogP contribution in [0.25, 0.3) is 0 Å². The van der Waals surface area contributed by atoms with Crippen molar-refractivity contribution in [2.24, 2.45) is 5.41 Å². The van der Waals surface area contributed by atoms with Crippen LogP contribution in [0.2, 0.25) is 0 Å². The molecule has 2 N–H and O–H groups in total. The number of piperidine rings is 1. The van der Waals surface area contributed by atoms with Gasteiger partial charge in [0.1, 0.15) is 0 Å². The first-order chi connectivity index (χ1) is 5.62. The van der Waals surface area contributed by atoms with E-state index in [4.69, 9.17) is 0 Å². The van der Waals surface area contributed by atoms with Crippen molar-refractivity contribution in [1.29, 1.82) is 0 Å². The molecule has 12 heavy (non-hydrogen) atoms. The minimum absolute atomic E-state index is 0.296. The van der Waals surface area contributed by atoms with Gasteiger partial charge in [-0.2, -0.15) is 0 Å². The number of hydrogen-bond donors (Lipinski definition) is 2. The average molecular weight is 190 g/mol. The maximum atomic E-state index is 10.8. The quantitative estimate of drug-likeness (QED) is 0.670. The highest BCUT2D eigenvalue weighted by molar-refractivity contribution is 7.82. The fraction of sp³-hybridized carbons (Fsp3) is 1.00. The van der Waals surface area contributed by atoms with E-state index in [0.717, 1.165) is 19.6 Å². The van der Waals surface area contributed by atoms with Crippen LogP contribution in [0.1, 0.15) is 19.8 Å². The molecule has 2 atom stereocenters. The van der Waals surface area contributed by atoms with Crippen molar-refractivity contribution >= 4 is 11.0 Å². The van der Waals surface area contributed by atoms with E-state index in [-0.39, 0.29) is 0 Å². The van der Waals surface area contributed by atoms with E-state index < -0.39 is 11.0 Å². The van der Waals surface area contributed by atoms with Gasteiger partial charge in [-0.25, -0.2) is 8.93 Å². The lowest BCUT2D eigenvalue weighted by Crippen LogP contribution is -2.44. The second kappa shape index (κ2) is 4.35. The normalized spacial score (nSPS) is 33.2. The molecule has 72 valence electrons. The number of hydrogen-bond acceptors (Lipinski definition) is 2. The maximum absolute atomic E-state index is 10.8. The molecule has 0 spiro atoms. The second-order valence-electron chi connectivity index (χ2n) is 3.87. The van der Waals surface area contributed by atoms with Crippen molar-refractivity contribution < 1.29 is 4.21 Å². The summed E-state index contributed by atoms with van der Waals surface area (Å²) in [4.78, 5) is 0. The Kier molecular flexibility index (Phi) is 3.68. The van der Waals surface area contributed by atoms with Crippen molar-refractivity contribution in [1.82, 2.24) is 10.0 Å². The third kappa shape index (κ3) is 3.21. The predicted molar refractivity (Wildman–Crippen MR) is 52.3 cm³/mol. The molecule has 0 aromatic carbocycles. The van der Waals surface area contributed by atoms with E-state index in [1.165, 1.54) is 12.8 Å². The molecule has 1 aliphatic rings. The van der Waals surface area contributed by atoms with Crippen LogP contribution in [0.3, 0.4) is 0 Å². The summed E-state index contributed by atoms with van der Waals surface area (Å²) in [7, 11) is -0.871. The first kappa shape index (κ1) is 10.2. The van der Waals surface area contributed by atoms with Crippen LogP contribution in [0, 0.1) is 5.41 Å². The molecule has 2 unspecified atom stereocenters. The van der Waals surface area contributed by atoms with Gasteiger partial charge in [0.2, 0.25) is 0 Å². The summed E-state index contributed by atoms with van der Waals surface area (Å²) < 4.78 is 13.8. The summed E-state index contributed by atoms with van der Waals surface area (Å²) in [5, 5.41) is 3.36. The van der Waals surface area contributed by atoms with E-state index in [0.29, 0.717) is 5.41 Å². The fourth-order valence-corrected chi connectivity index (χ4v) is 2.10. The summed E-state index contributed by atoms with van der Waals surface area (Å²) in [5.41, 5.74) is 0.296. The van der Waals surface area contributed by atoms with Gasteiger partial charge < -0.3 is 5.32 Å². The van der Waals surface area contributed by atoms with Gasteiger partial charge in [0.25, 0.3) is 0 Å². The summed E-state index contributed by atoms with van der Waals surface area (Å²) >= 11 is 0. The van der Waals surface area contributed by atoms with Crippen LogP contribution >= 0.6 is 0 Å². The van der Waals surface area contributed by atoms with Crippen LogP contribution in [-0.4, -0.2) is 30.1 Å². The molecule has 1 heterocycles. The molecule has 3 nitrogen and oxygen atoms in total. The van der Waals surface area contributed by atoms with Crippen LogP contribution in [-0.2, 0) is 11.0 Å². The van der Waals surface area contributed by atoms with Gasteiger partial charge in [0.05, 0.1) is 11.0 Å². The molecule has 0 amide bonds. The van der Waals surface area contributed by atoms with Crippen LogP contribution < -0.4 is 10.0 Å². The molecule has 0 radical (unpaired) electrons. The third-order valence-electron chi connectivity index (χ3n) is 2.39. The monoisotopic (exact) mass is 190 g/mol. The van der Waals surface area contributed by atoms with Crippen molar-refractivity contribution in [2.75, 3.05) is 25.9 Å². The Bertz CT molecular complexity index is 166. The Hall–Kier alpha value is 0.0700. The van der Waals surface area contributed by atoms with E-state index in [1.54, 1.807) is 6.26 Å². The zero-order valence-electron chi connectivity index (χ0n) is 7.85. The van der Waals surface area contributed by atoms with Gasteiger partial charge in [-0.1, -0.05) is 6.92 Å². The first-order valence-corrected chi connectivity index (χ1v) is 5.96. The SMILES string of the molecule is CS(=O)NCC1(C)CCCNC1. The molecule has 1 rings (SSSR count). The Morgan fingerprint density at radius 2 is 2.42 bits per heavy atom. The zero-order valence-corrected chi connectivity index (χ0v) is 8.67. The Morgan fingerprint density at radius 1 is 1.67 bits per heavy atom. The molecule has 1 aliphatic heterocycles. The first-order valence-electron chi connectivity index (χ1n) is 4.40. The average Bonchev–Trinajstić information content (AvgIpc) is 2.03. The molecular weight excluding hydrogens is 172 g/mol. The Morgan fingerprint density at radius 3 is 2.92 bits per heavy atom. The largest absolute Gasteiger partial charge is 0.316 e. The highest BCUT2D eigenvalue weighted by Crippen LogP contribution is 2.23. The summed E-state index contributed by atoms with van der Waals surface area (Å²) in [6.45, 7) is 5.25. The van der Waals surface area contributed by atoms with Crippen molar-refractivity contribution in [3.05, 3.63) is 0 Å². The van der Waals surface area contributed by atoms with Gasteiger partial charge in [0.15, 0.2) is 0 Å².